The maximum Gasteiger partial charge on any atom is 0.144 e. The fraction of sp³-hybridized carbons (Fsp3) is 0.625. The van der Waals surface area contributed by atoms with Crippen LogP contribution in [0.4, 0.5) is 0 Å². The van der Waals surface area contributed by atoms with E-state index in [1.54, 1.807) is 11.3 Å². The van der Waals surface area contributed by atoms with Gasteiger partial charge in [0.1, 0.15) is 5.15 Å². The maximum atomic E-state index is 5.92. The van der Waals surface area contributed by atoms with Crippen LogP contribution in [0.2, 0.25) is 5.15 Å². The first-order chi connectivity index (χ1) is 5.77. The van der Waals surface area contributed by atoms with E-state index in [1.165, 1.54) is 0 Å². The number of nitrogens with zero attached hydrogens (tertiary/aromatic N) is 1. The summed E-state index contributed by atoms with van der Waals surface area (Å²) < 4.78 is 0. The number of aryl methyl sites for hydroxylation is 1. The molecule has 0 aliphatic carbocycles. The highest BCUT2D eigenvalue weighted by Crippen LogP contribution is 2.23. The van der Waals surface area contributed by atoms with E-state index in [1.807, 2.05) is 7.05 Å². The Kier molecular flexibility index (Phi) is 3.98. The largest absolute Gasteiger partial charge is 0.315 e. The quantitative estimate of drug-likeness (QED) is 0.815. The summed E-state index contributed by atoms with van der Waals surface area (Å²) in [6.07, 6.45) is 2.16. The van der Waals surface area contributed by atoms with Crippen molar-refractivity contribution in [2.24, 2.45) is 0 Å². The summed E-state index contributed by atoms with van der Waals surface area (Å²) in [5.41, 5.74) is 0. The second-order valence-electron chi connectivity index (χ2n) is 2.60. The molecule has 0 aliphatic rings. The molecule has 0 bridgehead atoms. The Bertz CT molecular complexity index is 247. The van der Waals surface area contributed by atoms with Gasteiger partial charge in [-0.15, -0.1) is 11.3 Å². The van der Waals surface area contributed by atoms with E-state index in [0.29, 0.717) is 5.15 Å². The average molecular weight is 205 g/mol. The van der Waals surface area contributed by atoms with Gasteiger partial charge in [-0.05, 0) is 19.9 Å². The molecule has 0 aromatic carbocycles. The van der Waals surface area contributed by atoms with Gasteiger partial charge in [-0.25, -0.2) is 4.98 Å². The lowest BCUT2D eigenvalue weighted by atomic mass is 10.4. The number of hydrogen-bond donors (Lipinski definition) is 1. The lowest BCUT2D eigenvalue weighted by molar-refractivity contribution is 0.829. The molecule has 0 atom stereocenters. The second kappa shape index (κ2) is 4.80. The molecule has 1 aromatic heterocycles. The number of halogens is 1. The van der Waals surface area contributed by atoms with E-state index in [4.69, 9.17) is 11.6 Å². The van der Waals surface area contributed by atoms with Crippen LogP contribution in [-0.2, 0) is 13.0 Å². The Balaban J connectivity index is 2.70. The van der Waals surface area contributed by atoms with E-state index in [-0.39, 0.29) is 0 Å². The summed E-state index contributed by atoms with van der Waals surface area (Å²) >= 11 is 7.62. The van der Waals surface area contributed by atoms with Gasteiger partial charge < -0.3 is 5.32 Å². The SMILES string of the molecule is CCCc1nc(Cl)c(CNC)s1. The molecule has 0 radical (unpaired) electrons. The summed E-state index contributed by atoms with van der Waals surface area (Å²) in [7, 11) is 1.91. The predicted molar refractivity (Wildman–Crippen MR) is 53.9 cm³/mol. The molecule has 1 rings (SSSR count). The van der Waals surface area contributed by atoms with Crippen LogP contribution in [-0.4, -0.2) is 12.0 Å². The van der Waals surface area contributed by atoms with Crippen molar-refractivity contribution >= 4 is 22.9 Å². The van der Waals surface area contributed by atoms with Crippen LogP contribution in [0.1, 0.15) is 23.2 Å². The van der Waals surface area contributed by atoms with Gasteiger partial charge in [-0.2, -0.15) is 0 Å². The van der Waals surface area contributed by atoms with Gasteiger partial charge in [0.25, 0.3) is 0 Å². The minimum Gasteiger partial charge on any atom is -0.315 e. The van der Waals surface area contributed by atoms with Gasteiger partial charge >= 0.3 is 0 Å². The van der Waals surface area contributed by atoms with Crippen LogP contribution >= 0.6 is 22.9 Å². The van der Waals surface area contributed by atoms with Gasteiger partial charge in [-0.1, -0.05) is 18.5 Å². The normalized spacial score (nSPS) is 10.6. The molecule has 1 aromatic rings. The highest BCUT2D eigenvalue weighted by molar-refractivity contribution is 7.12. The van der Waals surface area contributed by atoms with E-state index in [0.717, 1.165) is 29.3 Å². The van der Waals surface area contributed by atoms with E-state index in [2.05, 4.69) is 17.2 Å². The zero-order chi connectivity index (χ0) is 8.97. The van der Waals surface area contributed by atoms with Crippen LogP contribution in [0, 0.1) is 0 Å². The molecule has 0 spiro atoms. The fourth-order valence-corrected chi connectivity index (χ4v) is 2.38. The molecule has 0 aliphatic heterocycles. The van der Waals surface area contributed by atoms with E-state index in [9.17, 15) is 0 Å². The van der Waals surface area contributed by atoms with Crippen molar-refractivity contribution in [1.29, 1.82) is 0 Å². The molecule has 1 N–H and O–H groups in total. The Morgan fingerprint density at radius 3 is 2.92 bits per heavy atom. The fourth-order valence-electron chi connectivity index (χ4n) is 0.969. The molecule has 0 fully saturated rings. The standard InChI is InChI=1S/C8H13ClN2S/c1-3-4-7-11-8(9)6(12-7)5-10-2/h10H,3-5H2,1-2H3. The Morgan fingerprint density at radius 2 is 2.33 bits per heavy atom. The number of hydrogen-bond acceptors (Lipinski definition) is 3. The minimum atomic E-state index is 0.665. The van der Waals surface area contributed by atoms with Crippen molar-refractivity contribution in [3.8, 4) is 0 Å². The molecule has 2 nitrogen and oxygen atoms in total. The molecule has 0 saturated carbocycles. The third-order valence-corrected chi connectivity index (χ3v) is 3.03. The monoisotopic (exact) mass is 204 g/mol. The maximum absolute atomic E-state index is 5.92. The van der Waals surface area contributed by atoms with Gasteiger partial charge in [0.05, 0.1) is 9.88 Å². The molecule has 0 amide bonds. The van der Waals surface area contributed by atoms with Crippen LogP contribution in [0.3, 0.4) is 0 Å². The first kappa shape index (κ1) is 9.96. The van der Waals surface area contributed by atoms with Crippen molar-refractivity contribution in [2.75, 3.05) is 7.05 Å². The van der Waals surface area contributed by atoms with Crippen LogP contribution < -0.4 is 5.32 Å². The lowest BCUT2D eigenvalue weighted by Crippen LogP contribution is -2.03. The summed E-state index contributed by atoms with van der Waals surface area (Å²) in [4.78, 5) is 5.40. The molecular weight excluding hydrogens is 192 g/mol. The van der Waals surface area contributed by atoms with Gasteiger partial charge in [0.2, 0.25) is 0 Å². The zero-order valence-corrected chi connectivity index (χ0v) is 8.93. The lowest BCUT2D eigenvalue weighted by Gasteiger charge is -1.92. The number of nitrogens with one attached hydrogen (secondary N) is 1. The summed E-state index contributed by atoms with van der Waals surface area (Å²) in [5, 5.41) is 4.88. The van der Waals surface area contributed by atoms with E-state index < -0.39 is 0 Å². The van der Waals surface area contributed by atoms with Crippen molar-refractivity contribution in [3.05, 3.63) is 15.0 Å². The minimum absolute atomic E-state index is 0.665. The zero-order valence-electron chi connectivity index (χ0n) is 7.35. The molecule has 0 saturated heterocycles. The number of rotatable bonds is 4. The van der Waals surface area contributed by atoms with Gasteiger partial charge in [0.15, 0.2) is 0 Å². The topological polar surface area (TPSA) is 24.9 Å². The summed E-state index contributed by atoms with van der Waals surface area (Å²) in [6.45, 7) is 2.97. The summed E-state index contributed by atoms with van der Waals surface area (Å²) in [6, 6.07) is 0. The molecule has 4 heteroatoms. The smallest absolute Gasteiger partial charge is 0.144 e. The third-order valence-electron chi connectivity index (χ3n) is 1.50. The molecule has 68 valence electrons. The number of thiazole rings is 1. The highest BCUT2D eigenvalue weighted by Gasteiger charge is 2.06. The molecule has 12 heavy (non-hydrogen) atoms. The Hall–Kier alpha value is -0.120. The summed E-state index contributed by atoms with van der Waals surface area (Å²) in [5.74, 6) is 0. The molecular formula is C8H13ClN2S. The Labute approximate surface area is 82.0 Å². The van der Waals surface area contributed by atoms with Crippen molar-refractivity contribution in [2.45, 2.75) is 26.3 Å². The van der Waals surface area contributed by atoms with Gasteiger partial charge in [-0.3, -0.25) is 0 Å². The number of aromatic nitrogens is 1. The Morgan fingerprint density at radius 1 is 1.58 bits per heavy atom. The van der Waals surface area contributed by atoms with Crippen LogP contribution in [0.5, 0.6) is 0 Å². The first-order valence-electron chi connectivity index (χ1n) is 4.06. The molecule has 1 heterocycles. The highest BCUT2D eigenvalue weighted by atomic mass is 35.5. The van der Waals surface area contributed by atoms with Crippen molar-refractivity contribution in [1.82, 2.24) is 10.3 Å². The van der Waals surface area contributed by atoms with Crippen molar-refractivity contribution in [3.63, 3.8) is 0 Å². The van der Waals surface area contributed by atoms with Crippen LogP contribution in [0.15, 0.2) is 0 Å². The van der Waals surface area contributed by atoms with Crippen LogP contribution in [0.25, 0.3) is 0 Å². The van der Waals surface area contributed by atoms with E-state index >= 15 is 0 Å². The van der Waals surface area contributed by atoms with Crippen molar-refractivity contribution < 1.29 is 0 Å². The first-order valence-corrected chi connectivity index (χ1v) is 5.26. The third kappa shape index (κ3) is 2.44. The molecule has 0 unspecified atom stereocenters. The predicted octanol–water partition coefficient (Wildman–Crippen LogP) is 2.47. The second-order valence-corrected chi connectivity index (χ2v) is 4.13. The van der Waals surface area contributed by atoms with Gasteiger partial charge in [0, 0.05) is 6.54 Å². The average Bonchev–Trinajstić information content (AvgIpc) is 2.34.